The Morgan fingerprint density at radius 2 is 2.25 bits per heavy atom. The Bertz CT molecular complexity index is 170. The van der Waals surface area contributed by atoms with E-state index in [0.29, 0.717) is 12.5 Å². The zero-order valence-corrected chi connectivity index (χ0v) is 7.29. The maximum Gasteiger partial charge on any atom is 0.191 e. The second-order valence-electron chi connectivity index (χ2n) is 2.72. The van der Waals surface area contributed by atoms with Gasteiger partial charge in [0.25, 0.3) is 0 Å². The van der Waals surface area contributed by atoms with E-state index < -0.39 is 0 Å². The molecule has 0 aromatic carbocycles. The van der Waals surface area contributed by atoms with Gasteiger partial charge in [0.15, 0.2) is 5.96 Å². The summed E-state index contributed by atoms with van der Waals surface area (Å²) in [6.45, 7) is 8.07. The van der Waals surface area contributed by atoms with Crippen molar-refractivity contribution in [3.8, 4) is 0 Å². The molecular weight excluding hydrogens is 152 g/mol. The van der Waals surface area contributed by atoms with Gasteiger partial charge in [0.05, 0.1) is 6.54 Å². The van der Waals surface area contributed by atoms with Gasteiger partial charge in [-0.1, -0.05) is 6.08 Å². The molecule has 0 bridgehead atoms. The molecule has 1 aliphatic heterocycles. The second kappa shape index (κ2) is 4.77. The van der Waals surface area contributed by atoms with Crippen molar-refractivity contribution < 1.29 is 0 Å². The van der Waals surface area contributed by atoms with Crippen molar-refractivity contribution in [3.05, 3.63) is 12.7 Å². The third-order valence-electron chi connectivity index (χ3n) is 1.82. The van der Waals surface area contributed by atoms with Crippen LogP contribution in [0.1, 0.15) is 0 Å². The molecule has 12 heavy (non-hydrogen) atoms. The first-order valence-corrected chi connectivity index (χ1v) is 4.21. The van der Waals surface area contributed by atoms with Crippen molar-refractivity contribution in [2.75, 3.05) is 32.7 Å². The number of nitrogens with one attached hydrogen (secondary N) is 1. The van der Waals surface area contributed by atoms with Crippen LogP contribution >= 0.6 is 0 Å². The number of rotatable bonds is 2. The summed E-state index contributed by atoms with van der Waals surface area (Å²) in [5.41, 5.74) is 5.73. The Hall–Kier alpha value is -1.03. The van der Waals surface area contributed by atoms with Gasteiger partial charge in [-0.25, -0.2) is 4.99 Å². The molecule has 1 heterocycles. The van der Waals surface area contributed by atoms with Gasteiger partial charge in [-0.15, -0.1) is 6.58 Å². The SMILES string of the molecule is C=CCN=C(N)N1CCNCC1. The third-order valence-corrected chi connectivity index (χ3v) is 1.82. The van der Waals surface area contributed by atoms with Gasteiger partial charge in [0.1, 0.15) is 0 Å². The third kappa shape index (κ3) is 2.54. The lowest BCUT2D eigenvalue weighted by Crippen LogP contribution is -2.49. The van der Waals surface area contributed by atoms with Crippen molar-refractivity contribution in [1.29, 1.82) is 0 Å². The van der Waals surface area contributed by atoms with Gasteiger partial charge in [-0.2, -0.15) is 0 Å². The summed E-state index contributed by atoms with van der Waals surface area (Å²) in [5, 5.41) is 3.25. The largest absolute Gasteiger partial charge is 0.370 e. The maximum absolute atomic E-state index is 5.73. The van der Waals surface area contributed by atoms with Crippen molar-refractivity contribution in [2.24, 2.45) is 10.7 Å². The van der Waals surface area contributed by atoms with Crippen molar-refractivity contribution in [3.63, 3.8) is 0 Å². The molecule has 0 aromatic rings. The summed E-state index contributed by atoms with van der Waals surface area (Å²) >= 11 is 0. The molecule has 0 spiro atoms. The van der Waals surface area contributed by atoms with Crippen LogP contribution in [0.4, 0.5) is 0 Å². The highest BCUT2D eigenvalue weighted by Crippen LogP contribution is 1.91. The predicted octanol–water partition coefficient (Wildman–Crippen LogP) is -0.608. The maximum atomic E-state index is 5.73. The molecule has 3 N–H and O–H groups in total. The van der Waals surface area contributed by atoms with Crippen LogP contribution in [0.5, 0.6) is 0 Å². The lowest BCUT2D eigenvalue weighted by atomic mass is 10.4. The molecule has 0 atom stereocenters. The highest BCUT2D eigenvalue weighted by molar-refractivity contribution is 5.78. The van der Waals surface area contributed by atoms with E-state index in [0.717, 1.165) is 26.2 Å². The van der Waals surface area contributed by atoms with Gasteiger partial charge in [-0.05, 0) is 0 Å². The molecule has 1 saturated heterocycles. The normalized spacial score (nSPS) is 19.3. The number of aliphatic imine (C=N–C) groups is 1. The first kappa shape index (κ1) is 9.06. The molecule has 0 amide bonds. The van der Waals surface area contributed by atoms with Crippen LogP contribution in [0.2, 0.25) is 0 Å². The molecule has 4 heteroatoms. The van der Waals surface area contributed by atoms with Crippen LogP contribution in [0.25, 0.3) is 0 Å². The standard InChI is InChI=1S/C8H16N4/c1-2-3-11-8(9)12-6-4-10-5-7-12/h2,10H,1,3-7H2,(H2,9,11). The Morgan fingerprint density at radius 3 is 2.83 bits per heavy atom. The Kier molecular flexibility index (Phi) is 3.60. The number of hydrogen-bond acceptors (Lipinski definition) is 2. The molecule has 0 radical (unpaired) electrons. The summed E-state index contributed by atoms with van der Waals surface area (Å²) < 4.78 is 0. The Morgan fingerprint density at radius 1 is 1.58 bits per heavy atom. The van der Waals surface area contributed by atoms with Crippen LogP contribution in [0.15, 0.2) is 17.6 Å². The number of hydrogen-bond donors (Lipinski definition) is 2. The minimum atomic E-state index is 0.607. The molecule has 0 unspecified atom stereocenters. The first-order chi connectivity index (χ1) is 5.84. The number of piperazine rings is 1. The van der Waals surface area contributed by atoms with Crippen molar-refractivity contribution in [2.45, 2.75) is 0 Å². The van der Waals surface area contributed by atoms with Crippen LogP contribution < -0.4 is 11.1 Å². The predicted molar refractivity (Wildman–Crippen MR) is 51.1 cm³/mol. The van der Waals surface area contributed by atoms with Gasteiger partial charge in [0.2, 0.25) is 0 Å². The molecule has 1 aliphatic rings. The van der Waals surface area contributed by atoms with Gasteiger partial charge < -0.3 is 16.0 Å². The molecule has 0 aromatic heterocycles. The van der Waals surface area contributed by atoms with Crippen LogP contribution in [0, 0.1) is 0 Å². The van der Waals surface area contributed by atoms with Crippen LogP contribution in [0.3, 0.4) is 0 Å². The fraction of sp³-hybridized carbons (Fsp3) is 0.625. The Balaban J connectivity index is 2.38. The number of guanidine groups is 1. The summed E-state index contributed by atoms with van der Waals surface area (Å²) in [7, 11) is 0. The van der Waals surface area contributed by atoms with Gasteiger partial charge in [-0.3, -0.25) is 0 Å². The number of nitrogens with two attached hydrogens (primary N) is 1. The molecule has 1 rings (SSSR count). The fourth-order valence-corrected chi connectivity index (χ4v) is 1.15. The summed E-state index contributed by atoms with van der Waals surface area (Å²) in [5.74, 6) is 0.636. The van der Waals surface area contributed by atoms with Crippen molar-refractivity contribution in [1.82, 2.24) is 10.2 Å². The van der Waals surface area contributed by atoms with Gasteiger partial charge >= 0.3 is 0 Å². The summed E-state index contributed by atoms with van der Waals surface area (Å²) in [6.07, 6.45) is 1.75. The van der Waals surface area contributed by atoms with E-state index in [9.17, 15) is 0 Å². The number of nitrogens with zero attached hydrogens (tertiary/aromatic N) is 2. The average molecular weight is 168 g/mol. The fourth-order valence-electron chi connectivity index (χ4n) is 1.15. The van der Waals surface area contributed by atoms with E-state index in [1.807, 2.05) is 0 Å². The molecular formula is C8H16N4. The van der Waals surface area contributed by atoms with Crippen molar-refractivity contribution >= 4 is 5.96 Å². The molecule has 0 aliphatic carbocycles. The zero-order chi connectivity index (χ0) is 8.81. The van der Waals surface area contributed by atoms with Gasteiger partial charge in [0, 0.05) is 26.2 Å². The first-order valence-electron chi connectivity index (χ1n) is 4.21. The molecule has 1 fully saturated rings. The minimum absolute atomic E-state index is 0.607. The average Bonchev–Trinajstić information content (AvgIpc) is 2.15. The second-order valence-corrected chi connectivity index (χ2v) is 2.72. The Labute approximate surface area is 73.1 Å². The van der Waals surface area contributed by atoms with Crippen LogP contribution in [-0.2, 0) is 0 Å². The molecule has 4 nitrogen and oxygen atoms in total. The van der Waals surface area contributed by atoms with Crippen LogP contribution in [-0.4, -0.2) is 43.6 Å². The van der Waals surface area contributed by atoms with E-state index in [1.165, 1.54) is 0 Å². The zero-order valence-electron chi connectivity index (χ0n) is 7.29. The molecule has 68 valence electrons. The van der Waals surface area contributed by atoms with E-state index in [2.05, 4.69) is 21.8 Å². The topological polar surface area (TPSA) is 53.6 Å². The molecule has 0 saturated carbocycles. The summed E-state index contributed by atoms with van der Waals surface area (Å²) in [4.78, 5) is 6.22. The quantitative estimate of drug-likeness (QED) is 0.329. The van der Waals surface area contributed by atoms with E-state index >= 15 is 0 Å². The smallest absolute Gasteiger partial charge is 0.191 e. The lowest BCUT2D eigenvalue weighted by molar-refractivity contribution is 0.353. The lowest BCUT2D eigenvalue weighted by Gasteiger charge is -2.28. The monoisotopic (exact) mass is 168 g/mol. The van der Waals surface area contributed by atoms with E-state index in [4.69, 9.17) is 5.73 Å². The highest BCUT2D eigenvalue weighted by atomic mass is 15.3. The van der Waals surface area contributed by atoms with E-state index in [-0.39, 0.29) is 0 Å². The van der Waals surface area contributed by atoms with E-state index in [1.54, 1.807) is 6.08 Å². The highest BCUT2D eigenvalue weighted by Gasteiger charge is 2.10. The minimum Gasteiger partial charge on any atom is -0.370 e. The summed E-state index contributed by atoms with van der Waals surface area (Å²) in [6, 6.07) is 0.